The summed E-state index contributed by atoms with van der Waals surface area (Å²) < 4.78 is 5.63. The van der Waals surface area contributed by atoms with Crippen molar-refractivity contribution in [3.05, 3.63) is 40.4 Å². The van der Waals surface area contributed by atoms with Crippen LogP contribution in [0.4, 0.5) is 0 Å². The number of rotatable bonds is 5. The van der Waals surface area contributed by atoms with Gasteiger partial charge in [-0.3, -0.25) is 4.79 Å². The van der Waals surface area contributed by atoms with E-state index in [1.165, 1.54) is 0 Å². The normalized spacial score (nSPS) is 21.3. The minimum Gasteiger partial charge on any atom is -0.494 e. The summed E-state index contributed by atoms with van der Waals surface area (Å²) in [6.07, 6.45) is 2.51. The van der Waals surface area contributed by atoms with E-state index in [2.05, 4.69) is 12.2 Å². The Morgan fingerprint density at radius 3 is 2.64 bits per heavy atom. The zero-order valence-electron chi connectivity index (χ0n) is 12.8. The first-order valence-corrected chi connectivity index (χ1v) is 7.72. The maximum Gasteiger partial charge on any atom is 0.263 e. The summed E-state index contributed by atoms with van der Waals surface area (Å²) in [5.41, 5.74) is 0.314. The smallest absolute Gasteiger partial charge is 0.263 e. The summed E-state index contributed by atoms with van der Waals surface area (Å²) in [5.74, 6) is 0.381. The summed E-state index contributed by atoms with van der Waals surface area (Å²) in [6, 6.07) is 9.46. The topological polar surface area (TPSA) is 62.1 Å². The fourth-order valence-electron chi connectivity index (χ4n) is 2.42. The Morgan fingerprint density at radius 1 is 1.41 bits per heavy atom. The summed E-state index contributed by atoms with van der Waals surface area (Å²) in [6.45, 7) is 4.71. The number of hydrogen-bond donors (Lipinski definition) is 1. The third-order valence-corrected chi connectivity index (χ3v) is 4.09. The molecule has 1 aromatic rings. The average molecular weight is 319 g/mol. The molecule has 1 aliphatic rings. The second-order valence-corrected chi connectivity index (χ2v) is 6.04. The van der Waals surface area contributed by atoms with Crippen molar-refractivity contribution in [3.63, 3.8) is 0 Å². The van der Waals surface area contributed by atoms with Crippen LogP contribution >= 0.6 is 11.6 Å². The number of benzene rings is 1. The number of ether oxygens (including phenoxy) is 1. The van der Waals surface area contributed by atoms with Gasteiger partial charge >= 0.3 is 0 Å². The van der Waals surface area contributed by atoms with E-state index in [9.17, 15) is 4.79 Å². The minimum absolute atomic E-state index is 0.00124. The third-order valence-electron chi connectivity index (χ3n) is 3.77. The Bertz CT molecular complexity index is 631. The highest BCUT2D eigenvalue weighted by molar-refractivity contribution is 6.33. The van der Waals surface area contributed by atoms with Crippen molar-refractivity contribution in [3.8, 4) is 11.8 Å². The molecule has 5 heteroatoms. The largest absolute Gasteiger partial charge is 0.494 e. The number of carbonyl (C=O) groups is 1. The molecule has 1 unspecified atom stereocenters. The molecule has 0 saturated heterocycles. The molecule has 1 N–H and O–H groups in total. The van der Waals surface area contributed by atoms with Crippen LogP contribution < -0.4 is 10.1 Å². The lowest BCUT2D eigenvalue weighted by atomic mass is 9.85. The fraction of sp³-hybridized carbons (Fsp3) is 0.412. The molecule has 0 aliphatic carbocycles. The van der Waals surface area contributed by atoms with E-state index >= 15 is 0 Å². The number of unbranched alkanes of at least 4 members (excludes halogenated alkanes) is 1. The Balaban J connectivity index is 2.16. The van der Waals surface area contributed by atoms with Gasteiger partial charge in [0, 0.05) is 11.5 Å². The fourth-order valence-corrected chi connectivity index (χ4v) is 2.81. The monoisotopic (exact) mass is 318 g/mol. The van der Waals surface area contributed by atoms with Crippen LogP contribution in [0.1, 0.15) is 38.7 Å². The van der Waals surface area contributed by atoms with Crippen LogP contribution in [0.3, 0.4) is 0 Å². The van der Waals surface area contributed by atoms with Crippen LogP contribution in [0.5, 0.6) is 5.75 Å². The van der Waals surface area contributed by atoms with Gasteiger partial charge in [-0.2, -0.15) is 5.26 Å². The molecule has 1 atom stereocenters. The quantitative estimate of drug-likeness (QED) is 0.843. The molecule has 0 saturated carbocycles. The molecule has 0 fully saturated rings. The first kappa shape index (κ1) is 16.4. The molecule has 1 amide bonds. The predicted molar refractivity (Wildman–Crippen MR) is 85.4 cm³/mol. The molecular formula is C17H19ClN2O2. The zero-order chi connectivity index (χ0) is 16.2. The second-order valence-electron chi connectivity index (χ2n) is 5.58. The van der Waals surface area contributed by atoms with Crippen LogP contribution in [0.25, 0.3) is 0 Å². The summed E-state index contributed by atoms with van der Waals surface area (Å²) in [5, 5.41) is 12.1. The lowest BCUT2D eigenvalue weighted by Gasteiger charge is -2.34. The molecule has 0 radical (unpaired) electrons. The molecule has 22 heavy (non-hydrogen) atoms. The van der Waals surface area contributed by atoms with E-state index in [1.807, 2.05) is 37.3 Å². The van der Waals surface area contributed by atoms with Gasteiger partial charge in [-0.15, -0.1) is 0 Å². The standard InChI is InChI=1S/C17H19ClN2O2/c1-3-4-9-22-13-7-5-12(6-8-13)17(2)10-15(18)14(11-19)16(21)20-17/h5-8H,3-4,9-10H2,1-2H3,(H,20,21). The maximum atomic E-state index is 12.0. The summed E-state index contributed by atoms with van der Waals surface area (Å²) in [7, 11) is 0. The summed E-state index contributed by atoms with van der Waals surface area (Å²) >= 11 is 6.10. The molecule has 1 heterocycles. The van der Waals surface area contributed by atoms with Gasteiger partial charge in [-0.25, -0.2) is 0 Å². The zero-order valence-corrected chi connectivity index (χ0v) is 13.5. The molecule has 0 spiro atoms. The van der Waals surface area contributed by atoms with Gasteiger partial charge in [0.1, 0.15) is 17.4 Å². The number of halogens is 1. The minimum atomic E-state index is -0.615. The molecule has 0 aromatic heterocycles. The van der Waals surface area contributed by atoms with Crippen molar-refractivity contribution in [2.24, 2.45) is 0 Å². The molecule has 116 valence electrons. The Labute approximate surface area is 135 Å². The van der Waals surface area contributed by atoms with Crippen molar-refractivity contribution >= 4 is 17.5 Å². The Kier molecular flexibility index (Phi) is 5.10. The van der Waals surface area contributed by atoms with Crippen molar-refractivity contribution in [1.82, 2.24) is 5.32 Å². The van der Waals surface area contributed by atoms with E-state index in [1.54, 1.807) is 0 Å². The number of carbonyl (C=O) groups excluding carboxylic acids is 1. The van der Waals surface area contributed by atoms with Crippen LogP contribution in [-0.4, -0.2) is 12.5 Å². The van der Waals surface area contributed by atoms with Crippen LogP contribution in [0, 0.1) is 11.3 Å². The third kappa shape index (κ3) is 3.42. The summed E-state index contributed by atoms with van der Waals surface area (Å²) in [4.78, 5) is 12.0. The highest BCUT2D eigenvalue weighted by Crippen LogP contribution is 2.35. The van der Waals surface area contributed by atoms with Crippen molar-refractivity contribution in [2.45, 2.75) is 38.6 Å². The Hall–Kier alpha value is -1.99. The van der Waals surface area contributed by atoms with Gasteiger partial charge in [0.25, 0.3) is 5.91 Å². The van der Waals surface area contributed by atoms with Gasteiger partial charge < -0.3 is 10.1 Å². The first-order valence-electron chi connectivity index (χ1n) is 7.35. The van der Waals surface area contributed by atoms with E-state index in [-0.39, 0.29) is 5.57 Å². The van der Waals surface area contributed by atoms with E-state index in [0.717, 1.165) is 24.2 Å². The highest BCUT2D eigenvalue weighted by Gasteiger charge is 2.36. The predicted octanol–water partition coefficient (Wildman–Crippen LogP) is 3.62. The molecule has 4 nitrogen and oxygen atoms in total. The van der Waals surface area contributed by atoms with Gasteiger partial charge in [-0.05, 0) is 31.0 Å². The lowest BCUT2D eigenvalue weighted by Crippen LogP contribution is -2.47. The average Bonchev–Trinajstić information content (AvgIpc) is 2.47. The highest BCUT2D eigenvalue weighted by atomic mass is 35.5. The molecule has 1 aliphatic heterocycles. The first-order chi connectivity index (χ1) is 10.5. The van der Waals surface area contributed by atoms with E-state index in [0.29, 0.717) is 18.1 Å². The molecule has 0 bridgehead atoms. The number of hydrogen-bond acceptors (Lipinski definition) is 3. The van der Waals surface area contributed by atoms with Crippen molar-refractivity contribution in [2.75, 3.05) is 6.61 Å². The molecule has 2 rings (SSSR count). The maximum absolute atomic E-state index is 12.0. The number of nitrogens with one attached hydrogen (secondary N) is 1. The van der Waals surface area contributed by atoms with Crippen molar-refractivity contribution in [1.29, 1.82) is 5.26 Å². The van der Waals surface area contributed by atoms with Crippen LogP contribution in [-0.2, 0) is 10.3 Å². The number of amides is 1. The van der Waals surface area contributed by atoms with Gasteiger partial charge in [0.2, 0.25) is 0 Å². The van der Waals surface area contributed by atoms with E-state index < -0.39 is 11.4 Å². The van der Waals surface area contributed by atoms with Gasteiger partial charge in [-0.1, -0.05) is 37.1 Å². The number of nitrogens with zero attached hydrogens (tertiary/aromatic N) is 1. The van der Waals surface area contributed by atoms with Crippen LogP contribution in [0.15, 0.2) is 34.9 Å². The lowest BCUT2D eigenvalue weighted by molar-refractivity contribution is -0.119. The number of nitriles is 1. The van der Waals surface area contributed by atoms with Crippen molar-refractivity contribution < 1.29 is 9.53 Å². The van der Waals surface area contributed by atoms with Gasteiger partial charge in [0.05, 0.1) is 12.1 Å². The van der Waals surface area contributed by atoms with E-state index in [4.69, 9.17) is 21.6 Å². The van der Waals surface area contributed by atoms with Gasteiger partial charge in [0.15, 0.2) is 0 Å². The second kappa shape index (κ2) is 6.85. The Morgan fingerprint density at radius 2 is 2.09 bits per heavy atom. The SMILES string of the molecule is CCCCOc1ccc(C2(C)CC(Cl)=C(C#N)C(=O)N2)cc1. The van der Waals surface area contributed by atoms with Crippen LogP contribution in [0.2, 0.25) is 0 Å². The molecule has 1 aromatic carbocycles. The molecular weight excluding hydrogens is 300 g/mol.